The van der Waals surface area contributed by atoms with Crippen molar-refractivity contribution >= 4 is 0 Å². The van der Waals surface area contributed by atoms with Gasteiger partial charge in [0.15, 0.2) is 0 Å². The van der Waals surface area contributed by atoms with Crippen LogP contribution in [0.15, 0.2) is 23.8 Å². The minimum Gasteiger partial charge on any atom is -0.0885 e. The van der Waals surface area contributed by atoms with Gasteiger partial charge >= 0.3 is 0 Å². The predicted molar refractivity (Wildman–Crippen MR) is 45.9 cm³/mol. The minimum atomic E-state index is 0.843. The molecular weight excluding hydrogens is 120 g/mol. The molecule has 0 heterocycles. The highest BCUT2D eigenvalue weighted by molar-refractivity contribution is 5.07. The SMILES string of the molecule is C/C=C(\C)C1CC=CCC1. The molecule has 10 heavy (non-hydrogen) atoms. The maximum absolute atomic E-state index is 2.31. The average molecular weight is 136 g/mol. The first-order chi connectivity index (χ1) is 4.84. The van der Waals surface area contributed by atoms with Crippen LogP contribution in [0.5, 0.6) is 0 Å². The standard InChI is InChI=1S/C10H16/c1-3-9(2)10-7-5-4-6-8-10/h3-5,10H,6-8H2,1-2H3/b9-3+. The third-order valence-corrected chi connectivity index (χ3v) is 2.37. The monoisotopic (exact) mass is 136 g/mol. The van der Waals surface area contributed by atoms with Gasteiger partial charge in [-0.15, -0.1) is 0 Å². The zero-order chi connectivity index (χ0) is 7.40. The Morgan fingerprint density at radius 2 is 2.30 bits per heavy atom. The lowest BCUT2D eigenvalue weighted by Gasteiger charge is -2.17. The average Bonchev–Trinajstić information content (AvgIpc) is 2.05. The van der Waals surface area contributed by atoms with Crippen LogP contribution in [-0.4, -0.2) is 0 Å². The fourth-order valence-electron chi connectivity index (χ4n) is 1.44. The van der Waals surface area contributed by atoms with Gasteiger partial charge in [-0.05, 0) is 39.0 Å². The van der Waals surface area contributed by atoms with Gasteiger partial charge in [0, 0.05) is 0 Å². The Kier molecular flexibility index (Phi) is 2.73. The normalized spacial score (nSPS) is 27.0. The summed E-state index contributed by atoms with van der Waals surface area (Å²) in [6.45, 7) is 4.37. The van der Waals surface area contributed by atoms with Crippen molar-refractivity contribution in [2.45, 2.75) is 33.1 Å². The van der Waals surface area contributed by atoms with E-state index in [4.69, 9.17) is 0 Å². The van der Waals surface area contributed by atoms with E-state index in [-0.39, 0.29) is 0 Å². The smallest absolute Gasteiger partial charge is 0.0169 e. The van der Waals surface area contributed by atoms with Crippen LogP contribution >= 0.6 is 0 Å². The molecule has 0 aromatic rings. The van der Waals surface area contributed by atoms with E-state index < -0.39 is 0 Å². The van der Waals surface area contributed by atoms with Gasteiger partial charge in [0.1, 0.15) is 0 Å². The van der Waals surface area contributed by atoms with Crippen LogP contribution in [0.25, 0.3) is 0 Å². The third kappa shape index (κ3) is 1.73. The summed E-state index contributed by atoms with van der Waals surface area (Å²) in [7, 11) is 0. The molecule has 56 valence electrons. The fraction of sp³-hybridized carbons (Fsp3) is 0.600. The van der Waals surface area contributed by atoms with Gasteiger partial charge in [-0.3, -0.25) is 0 Å². The summed E-state index contributed by atoms with van der Waals surface area (Å²) in [4.78, 5) is 0. The molecule has 1 aliphatic carbocycles. The van der Waals surface area contributed by atoms with Gasteiger partial charge in [-0.2, -0.15) is 0 Å². The Hall–Kier alpha value is -0.520. The highest BCUT2D eigenvalue weighted by Gasteiger charge is 2.09. The Labute approximate surface area is 63.6 Å². The molecule has 1 aliphatic rings. The van der Waals surface area contributed by atoms with Gasteiger partial charge in [-0.25, -0.2) is 0 Å². The summed E-state index contributed by atoms with van der Waals surface area (Å²) in [5.41, 5.74) is 1.56. The lowest BCUT2D eigenvalue weighted by Crippen LogP contribution is -2.03. The quantitative estimate of drug-likeness (QED) is 0.485. The molecule has 1 unspecified atom stereocenters. The first-order valence-corrected chi connectivity index (χ1v) is 4.12. The van der Waals surface area contributed by atoms with Gasteiger partial charge in [0.2, 0.25) is 0 Å². The molecule has 1 atom stereocenters. The second-order valence-electron chi connectivity index (χ2n) is 3.01. The lowest BCUT2D eigenvalue weighted by atomic mass is 9.88. The Morgan fingerprint density at radius 3 is 2.80 bits per heavy atom. The van der Waals surface area contributed by atoms with Gasteiger partial charge in [0.05, 0.1) is 0 Å². The minimum absolute atomic E-state index is 0.843. The molecule has 0 radical (unpaired) electrons. The van der Waals surface area contributed by atoms with Crippen LogP contribution in [0, 0.1) is 5.92 Å². The molecule has 0 saturated carbocycles. The third-order valence-electron chi connectivity index (χ3n) is 2.37. The molecule has 0 aromatic heterocycles. The first kappa shape index (κ1) is 7.59. The molecule has 0 fully saturated rings. The molecule has 0 N–H and O–H groups in total. The van der Waals surface area contributed by atoms with E-state index in [1.807, 2.05) is 0 Å². The zero-order valence-electron chi connectivity index (χ0n) is 6.93. The van der Waals surface area contributed by atoms with Gasteiger partial charge in [0.25, 0.3) is 0 Å². The molecule has 0 spiro atoms. The van der Waals surface area contributed by atoms with E-state index in [9.17, 15) is 0 Å². The van der Waals surface area contributed by atoms with Crippen molar-refractivity contribution in [3.63, 3.8) is 0 Å². The first-order valence-electron chi connectivity index (χ1n) is 4.12. The molecule has 0 nitrogen and oxygen atoms in total. The van der Waals surface area contributed by atoms with E-state index >= 15 is 0 Å². The predicted octanol–water partition coefficient (Wildman–Crippen LogP) is 3.31. The molecular formula is C10H16. The van der Waals surface area contributed by atoms with Crippen molar-refractivity contribution in [3.05, 3.63) is 23.8 Å². The largest absolute Gasteiger partial charge is 0.0885 e. The van der Waals surface area contributed by atoms with Crippen LogP contribution in [0.1, 0.15) is 33.1 Å². The summed E-state index contributed by atoms with van der Waals surface area (Å²) in [6, 6.07) is 0. The van der Waals surface area contributed by atoms with E-state index in [0.717, 1.165) is 5.92 Å². The van der Waals surface area contributed by atoms with Crippen molar-refractivity contribution in [2.75, 3.05) is 0 Å². The maximum Gasteiger partial charge on any atom is -0.0169 e. The second kappa shape index (κ2) is 3.60. The van der Waals surface area contributed by atoms with Crippen LogP contribution in [-0.2, 0) is 0 Å². The van der Waals surface area contributed by atoms with Gasteiger partial charge < -0.3 is 0 Å². The summed E-state index contributed by atoms with van der Waals surface area (Å²) in [5.74, 6) is 0.843. The molecule has 0 amide bonds. The van der Waals surface area contributed by atoms with Crippen molar-refractivity contribution in [1.29, 1.82) is 0 Å². The van der Waals surface area contributed by atoms with Crippen LogP contribution < -0.4 is 0 Å². The fourth-order valence-corrected chi connectivity index (χ4v) is 1.44. The summed E-state index contributed by atoms with van der Waals surface area (Å²) in [5, 5.41) is 0. The van der Waals surface area contributed by atoms with Crippen molar-refractivity contribution in [2.24, 2.45) is 5.92 Å². The van der Waals surface area contributed by atoms with E-state index in [1.54, 1.807) is 5.57 Å². The molecule has 0 aromatic carbocycles. The molecule has 0 heteroatoms. The molecule has 0 aliphatic heterocycles. The Balaban J connectivity index is 2.49. The number of allylic oxidation sites excluding steroid dienone is 4. The molecule has 1 rings (SSSR count). The number of hydrogen-bond acceptors (Lipinski definition) is 0. The zero-order valence-corrected chi connectivity index (χ0v) is 6.93. The van der Waals surface area contributed by atoms with Crippen molar-refractivity contribution in [1.82, 2.24) is 0 Å². The highest BCUT2D eigenvalue weighted by atomic mass is 14.1. The summed E-state index contributed by atoms with van der Waals surface area (Å²) >= 11 is 0. The van der Waals surface area contributed by atoms with E-state index in [1.165, 1.54) is 19.3 Å². The van der Waals surface area contributed by atoms with Gasteiger partial charge in [-0.1, -0.05) is 23.8 Å². The van der Waals surface area contributed by atoms with Crippen LogP contribution in [0.3, 0.4) is 0 Å². The van der Waals surface area contributed by atoms with Crippen LogP contribution in [0.2, 0.25) is 0 Å². The number of hydrogen-bond donors (Lipinski definition) is 0. The van der Waals surface area contributed by atoms with E-state index in [2.05, 4.69) is 32.1 Å². The summed E-state index contributed by atoms with van der Waals surface area (Å²) in [6.07, 6.45) is 10.7. The topological polar surface area (TPSA) is 0 Å². The Bertz CT molecular complexity index is 151. The highest BCUT2D eigenvalue weighted by Crippen LogP contribution is 2.24. The molecule has 0 saturated heterocycles. The maximum atomic E-state index is 2.31. The second-order valence-corrected chi connectivity index (χ2v) is 3.01. The van der Waals surface area contributed by atoms with Crippen molar-refractivity contribution in [3.8, 4) is 0 Å². The Morgan fingerprint density at radius 1 is 1.50 bits per heavy atom. The van der Waals surface area contributed by atoms with Crippen LogP contribution in [0.4, 0.5) is 0 Å². The van der Waals surface area contributed by atoms with Crippen molar-refractivity contribution < 1.29 is 0 Å². The molecule has 0 bridgehead atoms. The van der Waals surface area contributed by atoms with E-state index in [0.29, 0.717) is 0 Å². The number of rotatable bonds is 1. The lowest BCUT2D eigenvalue weighted by molar-refractivity contribution is 0.552. The summed E-state index contributed by atoms with van der Waals surface area (Å²) < 4.78 is 0.